The monoisotopic (exact) mass is 404 g/mol. The van der Waals surface area contributed by atoms with E-state index in [1.54, 1.807) is 7.11 Å². The summed E-state index contributed by atoms with van der Waals surface area (Å²) in [5.74, 6) is 1.30. The highest BCUT2D eigenvalue weighted by atomic mass is 35.5. The van der Waals surface area contributed by atoms with Crippen LogP contribution in [0.15, 0.2) is 42.5 Å². The molecule has 0 bridgehead atoms. The third kappa shape index (κ3) is 3.72. The van der Waals surface area contributed by atoms with Gasteiger partial charge in [0.2, 0.25) is 0 Å². The molecule has 1 spiro atoms. The van der Waals surface area contributed by atoms with Gasteiger partial charge in [0.05, 0.1) is 18.8 Å². The average Bonchev–Trinajstić information content (AvgIpc) is 2.69. The molecule has 4 heteroatoms. The molecule has 27 heavy (non-hydrogen) atoms. The molecule has 1 saturated heterocycles. The molecule has 1 aliphatic carbocycles. The van der Waals surface area contributed by atoms with Crippen LogP contribution in [0, 0.1) is 0 Å². The van der Waals surface area contributed by atoms with Crippen LogP contribution in [0.3, 0.4) is 0 Å². The molecule has 0 radical (unpaired) electrons. The van der Waals surface area contributed by atoms with Crippen molar-refractivity contribution in [3.63, 3.8) is 0 Å². The van der Waals surface area contributed by atoms with Crippen LogP contribution < -0.4 is 4.74 Å². The summed E-state index contributed by atoms with van der Waals surface area (Å²) < 4.78 is 12.2. The van der Waals surface area contributed by atoms with Crippen LogP contribution in [0.5, 0.6) is 5.75 Å². The SMILES string of the molecule is COc1ccc(C2CCC(c3c(Cl)cccc3Cl)OC23CCCCC3)cc1. The van der Waals surface area contributed by atoms with Gasteiger partial charge in [-0.1, -0.05) is 60.7 Å². The van der Waals surface area contributed by atoms with Crippen molar-refractivity contribution < 1.29 is 9.47 Å². The van der Waals surface area contributed by atoms with Crippen molar-refractivity contribution in [3.8, 4) is 5.75 Å². The Morgan fingerprint density at radius 2 is 1.59 bits per heavy atom. The predicted molar refractivity (Wildman–Crippen MR) is 111 cm³/mol. The summed E-state index contributed by atoms with van der Waals surface area (Å²) in [6.45, 7) is 0. The highest BCUT2D eigenvalue weighted by Crippen LogP contribution is 2.53. The molecule has 4 rings (SSSR count). The Bertz CT molecular complexity index is 761. The topological polar surface area (TPSA) is 18.5 Å². The van der Waals surface area contributed by atoms with E-state index in [1.165, 1.54) is 24.8 Å². The largest absolute Gasteiger partial charge is 0.497 e. The number of methoxy groups -OCH3 is 1. The van der Waals surface area contributed by atoms with Gasteiger partial charge in [0.25, 0.3) is 0 Å². The summed E-state index contributed by atoms with van der Waals surface area (Å²) in [5.41, 5.74) is 2.18. The van der Waals surface area contributed by atoms with E-state index < -0.39 is 0 Å². The van der Waals surface area contributed by atoms with Crippen LogP contribution >= 0.6 is 23.2 Å². The summed E-state index contributed by atoms with van der Waals surface area (Å²) in [6, 6.07) is 14.2. The number of rotatable bonds is 3. The van der Waals surface area contributed by atoms with Crippen molar-refractivity contribution in [2.75, 3.05) is 7.11 Å². The van der Waals surface area contributed by atoms with Crippen molar-refractivity contribution in [2.45, 2.75) is 62.6 Å². The summed E-state index contributed by atoms with van der Waals surface area (Å²) >= 11 is 13.0. The Kier molecular flexibility index (Phi) is 5.68. The van der Waals surface area contributed by atoms with E-state index in [0.29, 0.717) is 16.0 Å². The first-order valence-electron chi connectivity index (χ1n) is 9.89. The number of ether oxygens (including phenoxy) is 2. The zero-order chi connectivity index (χ0) is 18.9. The highest BCUT2D eigenvalue weighted by Gasteiger charge is 2.47. The van der Waals surface area contributed by atoms with Crippen molar-refractivity contribution in [3.05, 3.63) is 63.6 Å². The number of hydrogen-bond donors (Lipinski definition) is 0. The minimum absolute atomic E-state index is 0.0289. The van der Waals surface area contributed by atoms with Crippen molar-refractivity contribution in [1.29, 1.82) is 0 Å². The lowest BCUT2D eigenvalue weighted by atomic mass is 9.68. The first-order chi connectivity index (χ1) is 13.1. The van der Waals surface area contributed by atoms with Crippen LogP contribution in [0.2, 0.25) is 10.0 Å². The Morgan fingerprint density at radius 1 is 0.926 bits per heavy atom. The fourth-order valence-electron chi connectivity index (χ4n) is 4.95. The Morgan fingerprint density at radius 3 is 2.22 bits per heavy atom. The van der Waals surface area contributed by atoms with Gasteiger partial charge in [0, 0.05) is 21.5 Å². The van der Waals surface area contributed by atoms with Crippen molar-refractivity contribution in [2.24, 2.45) is 0 Å². The fraction of sp³-hybridized carbons (Fsp3) is 0.478. The third-order valence-corrected chi connectivity index (χ3v) is 6.93. The number of benzene rings is 2. The van der Waals surface area contributed by atoms with E-state index in [-0.39, 0.29) is 11.7 Å². The third-order valence-electron chi connectivity index (χ3n) is 6.27. The highest BCUT2D eigenvalue weighted by molar-refractivity contribution is 6.36. The predicted octanol–water partition coefficient (Wildman–Crippen LogP) is 7.34. The Hall–Kier alpha value is -1.22. The standard InChI is InChI=1S/C23H26Cl2O2/c1-26-17-10-8-16(9-11-17)18-12-13-21(22-19(24)6-5-7-20(22)25)27-23(18)14-3-2-4-15-23/h5-11,18,21H,2-4,12-15H2,1H3. The summed E-state index contributed by atoms with van der Waals surface area (Å²) in [7, 11) is 1.71. The quantitative estimate of drug-likeness (QED) is 0.532. The van der Waals surface area contributed by atoms with E-state index in [9.17, 15) is 0 Å². The lowest BCUT2D eigenvalue weighted by Gasteiger charge is -2.50. The molecule has 2 fully saturated rings. The minimum Gasteiger partial charge on any atom is -0.497 e. The smallest absolute Gasteiger partial charge is 0.118 e. The first kappa shape index (κ1) is 19.1. The van der Waals surface area contributed by atoms with Crippen LogP contribution in [0.1, 0.15) is 68.1 Å². The molecule has 1 heterocycles. The second kappa shape index (κ2) is 8.03. The molecule has 0 aromatic heterocycles. The van der Waals surface area contributed by atoms with Crippen molar-refractivity contribution in [1.82, 2.24) is 0 Å². The zero-order valence-electron chi connectivity index (χ0n) is 15.7. The molecular formula is C23H26Cl2O2. The van der Waals surface area contributed by atoms with E-state index in [4.69, 9.17) is 32.7 Å². The maximum Gasteiger partial charge on any atom is 0.118 e. The maximum absolute atomic E-state index is 6.89. The van der Waals surface area contributed by atoms with E-state index >= 15 is 0 Å². The molecular weight excluding hydrogens is 379 g/mol. The molecule has 0 amide bonds. The van der Waals surface area contributed by atoms with Gasteiger partial charge in [-0.15, -0.1) is 0 Å². The molecule has 0 N–H and O–H groups in total. The van der Waals surface area contributed by atoms with Gasteiger partial charge in [-0.3, -0.25) is 0 Å². The molecule has 144 valence electrons. The van der Waals surface area contributed by atoms with Crippen LogP contribution in [0.4, 0.5) is 0 Å². The normalized spacial score (nSPS) is 24.7. The number of hydrogen-bond acceptors (Lipinski definition) is 2. The van der Waals surface area contributed by atoms with Crippen LogP contribution in [-0.2, 0) is 4.74 Å². The van der Waals surface area contributed by atoms with Crippen molar-refractivity contribution >= 4 is 23.2 Å². The van der Waals surface area contributed by atoms with Gasteiger partial charge in [-0.25, -0.2) is 0 Å². The molecule has 2 aromatic carbocycles. The van der Waals surface area contributed by atoms with E-state index in [2.05, 4.69) is 24.3 Å². The van der Waals surface area contributed by atoms with Crippen LogP contribution in [0.25, 0.3) is 0 Å². The molecule has 2 unspecified atom stereocenters. The van der Waals surface area contributed by atoms with E-state index in [0.717, 1.165) is 37.0 Å². The minimum atomic E-state index is -0.127. The van der Waals surface area contributed by atoms with Gasteiger partial charge >= 0.3 is 0 Å². The average molecular weight is 405 g/mol. The summed E-state index contributed by atoms with van der Waals surface area (Å²) in [4.78, 5) is 0. The van der Waals surface area contributed by atoms with Gasteiger partial charge < -0.3 is 9.47 Å². The van der Waals surface area contributed by atoms with Gasteiger partial charge in [-0.2, -0.15) is 0 Å². The van der Waals surface area contributed by atoms with E-state index in [1.807, 2.05) is 18.2 Å². The summed E-state index contributed by atoms with van der Waals surface area (Å²) in [5, 5.41) is 1.42. The fourth-order valence-corrected chi connectivity index (χ4v) is 5.59. The Labute approximate surface area is 171 Å². The Balaban J connectivity index is 1.67. The second-order valence-corrected chi connectivity index (χ2v) is 8.58. The first-order valence-corrected chi connectivity index (χ1v) is 10.6. The summed E-state index contributed by atoms with van der Waals surface area (Å²) in [6.07, 6.45) is 7.91. The second-order valence-electron chi connectivity index (χ2n) is 7.77. The molecule has 2 aliphatic rings. The molecule has 1 aliphatic heterocycles. The molecule has 1 saturated carbocycles. The van der Waals surface area contributed by atoms with Gasteiger partial charge in [-0.05, 0) is 55.5 Å². The molecule has 2 atom stereocenters. The zero-order valence-corrected chi connectivity index (χ0v) is 17.2. The van der Waals surface area contributed by atoms with Gasteiger partial charge in [0.1, 0.15) is 5.75 Å². The number of halogens is 2. The van der Waals surface area contributed by atoms with Gasteiger partial charge in [0.15, 0.2) is 0 Å². The molecule has 2 aromatic rings. The maximum atomic E-state index is 6.89. The lowest BCUT2D eigenvalue weighted by molar-refractivity contribution is -0.161. The van der Waals surface area contributed by atoms with Crippen LogP contribution in [-0.4, -0.2) is 12.7 Å². The molecule has 2 nitrogen and oxygen atoms in total. The lowest BCUT2D eigenvalue weighted by Crippen LogP contribution is -2.45.